The van der Waals surface area contributed by atoms with Crippen LogP contribution in [0.4, 0.5) is 0 Å². The van der Waals surface area contributed by atoms with E-state index in [4.69, 9.17) is 0 Å². The van der Waals surface area contributed by atoms with E-state index in [1.165, 1.54) is 11.1 Å². The SMILES string of the molecule is Cc1nc2ccccc2n1CC1CCN(C(=O)c2ccc(C(C)(C)C)cc2)CC1. The summed E-state index contributed by atoms with van der Waals surface area (Å²) in [6, 6.07) is 16.5. The number of rotatable bonds is 3. The second-order valence-corrected chi connectivity index (χ2v) is 9.32. The first kappa shape index (κ1) is 19.7. The molecule has 0 aliphatic carbocycles. The van der Waals surface area contributed by atoms with Crippen molar-refractivity contribution < 1.29 is 4.79 Å². The summed E-state index contributed by atoms with van der Waals surface area (Å²) < 4.78 is 2.34. The van der Waals surface area contributed by atoms with Gasteiger partial charge in [0.1, 0.15) is 5.82 Å². The van der Waals surface area contributed by atoms with Crippen LogP contribution in [0.15, 0.2) is 48.5 Å². The number of imidazole rings is 1. The molecule has 0 saturated carbocycles. The van der Waals surface area contributed by atoms with E-state index in [0.29, 0.717) is 5.92 Å². The van der Waals surface area contributed by atoms with Crippen LogP contribution in [-0.4, -0.2) is 33.4 Å². The fourth-order valence-electron chi connectivity index (χ4n) is 4.30. The van der Waals surface area contributed by atoms with E-state index < -0.39 is 0 Å². The summed E-state index contributed by atoms with van der Waals surface area (Å²) in [6.07, 6.45) is 2.08. The van der Waals surface area contributed by atoms with Gasteiger partial charge in [-0.25, -0.2) is 4.98 Å². The highest BCUT2D eigenvalue weighted by atomic mass is 16.2. The highest BCUT2D eigenvalue weighted by molar-refractivity contribution is 5.94. The van der Waals surface area contributed by atoms with Crippen LogP contribution in [0.2, 0.25) is 0 Å². The molecular formula is C25H31N3O. The quantitative estimate of drug-likeness (QED) is 0.618. The van der Waals surface area contributed by atoms with Gasteiger partial charge in [0, 0.05) is 25.2 Å². The van der Waals surface area contributed by atoms with Crippen LogP contribution in [0.25, 0.3) is 11.0 Å². The van der Waals surface area contributed by atoms with E-state index in [1.807, 2.05) is 23.1 Å². The topological polar surface area (TPSA) is 38.1 Å². The number of nitrogens with zero attached hydrogens (tertiary/aromatic N) is 3. The molecule has 3 aromatic rings. The molecule has 1 aromatic heterocycles. The highest BCUT2D eigenvalue weighted by Gasteiger charge is 2.25. The van der Waals surface area contributed by atoms with Crippen molar-refractivity contribution >= 4 is 16.9 Å². The average Bonchev–Trinajstić information content (AvgIpc) is 3.03. The number of carbonyl (C=O) groups excluding carboxylic acids is 1. The van der Waals surface area contributed by atoms with E-state index in [9.17, 15) is 4.79 Å². The lowest BCUT2D eigenvalue weighted by atomic mass is 9.86. The number of para-hydroxylation sites is 2. The van der Waals surface area contributed by atoms with E-state index >= 15 is 0 Å². The molecule has 0 N–H and O–H groups in total. The van der Waals surface area contributed by atoms with Gasteiger partial charge in [0.2, 0.25) is 0 Å². The molecule has 0 atom stereocenters. The van der Waals surface area contributed by atoms with Crippen LogP contribution in [0.1, 0.15) is 55.4 Å². The monoisotopic (exact) mass is 389 g/mol. The van der Waals surface area contributed by atoms with Crippen molar-refractivity contribution in [2.75, 3.05) is 13.1 Å². The maximum absolute atomic E-state index is 12.9. The van der Waals surface area contributed by atoms with Gasteiger partial charge in [-0.3, -0.25) is 4.79 Å². The van der Waals surface area contributed by atoms with Crippen LogP contribution in [0.3, 0.4) is 0 Å². The lowest BCUT2D eigenvalue weighted by Crippen LogP contribution is -2.39. The summed E-state index contributed by atoms with van der Waals surface area (Å²) in [7, 11) is 0. The van der Waals surface area contributed by atoms with Crippen molar-refractivity contribution in [3.05, 3.63) is 65.5 Å². The van der Waals surface area contributed by atoms with Crippen molar-refractivity contribution in [3.63, 3.8) is 0 Å². The Bertz CT molecular complexity index is 1000. The fourth-order valence-corrected chi connectivity index (χ4v) is 4.30. The normalized spacial score (nSPS) is 15.8. The Labute approximate surface area is 173 Å². The maximum Gasteiger partial charge on any atom is 0.253 e. The summed E-state index contributed by atoms with van der Waals surface area (Å²) in [5, 5.41) is 0. The number of aryl methyl sites for hydroxylation is 1. The van der Waals surface area contributed by atoms with Crippen LogP contribution in [0.5, 0.6) is 0 Å². The Hall–Kier alpha value is -2.62. The van der Waals surface area contributed by atoms with Gasteiger partial charge in [-0.2, -0.15) is 0 Å². The fraction of sp³-hybridized carbons (Fsp3) is 0.440. The summed E-state index contributed by atoms with van der Waals surface area (Å²) >= 11 is 0. The second kappa shape index (κ2) is 7.66. The maximum atomic E-state index is 12.9. The molecule has 29 heavy (non-hydrogen) atoms. The Balaban J connectivity index is 1.39. The van der Waals surface area contributed by atoms with Crippen molar-refractivity contribution in [2.45, 2.75) is 52.5 Å². The largest absolute Gasteiger partial charge is 0.339 e. The standard InChI is InChI=1S/C25H31N3O/c1-18-26-22-7-5-6-8-23(22)28(18)17-19-13-15-27(16-14-19)24(29)20-9-11-21(12-10-20)25(2,3)4/h5-12,19H,13-17H2,1-4H3. The molecule has 152 valence electrons. The van der Waals surface area contributed by atoms with Gasteiger partial charge in [0.15, 0.2) is 0 Å². The van der Waals surface area contributed by atoms with Crippen LogP contribution >= 0.6 is 0 Å². The number of likely N-dealkylation sites (tertiary alicyclic amines) is 1. The number of hydrogen-bond donors (Lipinski definition) is 0. The first-order chi connectivity index (χ1) is 13.8. The summed E-state index contributed by atoms with van der Waals surface area (Å²) in [6.45, 7) is 11.3. The molecule has 2 aromatic carbocycles. The van der Waals surface area contributed by atoms with Gasteiger partial charge in [0.25, 0.3) is 5.91 Å². The van der Waals surface area contributed by atoms with Crippen molar-refractivity contribution in [1.82, 2.24) is 14.5 Å². The van der Waals surface area contributed by atoms with Crippen molar-refractivity contribution in [2.24, 2.45) is 5.92 Å². The molecule has 1 fully saturated rings. The van der Waals surface area contributed by atoms with E-state index in [2.05, 4.69) is 67.6 Å². The number of piperidine rings is 1. The minimum Gasteiger partial charge on any atom is -0.339 e. The number of fused-ring (bicyclic) bond motifs is 1. The molecular weight excluding hydrogens is 358 g/mol. The molecule has 1 amide bonds. The first-order valence-electron chi connectivity index (χ1n) is 10.6. The van der Waals surface area contributed by atoms with Crippen molar-refractivity contribution in [3.8, 4) is 0 Å². The third kappa shape index (κ3) is 4.07. The lowest BCUT2D eigenvalue weighted by molar-refractivity contribution is 0.0683. The zero-order chi connectivity index (χ0) is 20.6. The number of hydrogen-bond acceptors (Lipinski definition) is 2. The Morgan fingerprint density at radius 1 is 1.03 bits per heavy atom. The second-order valence-electron chi connectivity index (χ2n) is 9.32. The number of amides is 1. The predicted octanol–water partition coefficient (Wildman–Crippen LogP) is 5.19. The minimum absolute atomic E-state index is 0.107. The first-order valence-corrected chi connectivity index (χ1v) is 10.6. The minimum atomic E-state index is 0.107. The molecule has 2 heterocycles. The number of carbonyl (C=O) groups is 1. The van der Waals surface area contributed by atoms with E-state index in [1.54, 1.807) is 0 Å². The van der Waals surface area contributed by atoms with Crippen molar-refractivity contribution in [1.29, 1.82) is 0 Å². The Morgan fingerprint density at radius 3 is 2.34 bits per heavy atom. The molecule has 4 rings (SSSR count). The van der Waals surface area contributed by atoms with Gasteiger partial charge in [-0.05, 0) is 60.9 Å². The van der Waals surface area contributed by atoms with Crippen LogP contribution in [0, 0.1) is 12.8 Å². The third-order valence-corrected chi connectivity index (χ3v) is 6.19. The van der Waals surface area contributed by atoms with E-state index in [-0.39, 0.29) is 11.3 Å². The molecule has 1 aliphatic rings. The molecule has 1 aliphatic heterocycles. The zero-order valence-electron chi connectivity index (χ0n) is 18.0. The smallest absolute Gasteiger partial charge is 0.253 e. The molecule has 0 bridgehead atoms. The summed E-state index contributed by atoms with van der Waals surface area (Å²) in [5.41, 5.74) is 4.44. The molecule has 0 radical (unpaired) electrons. The van der Waals surface area contributed by atoms with Crippen LogP contribution < -0.4 is 0 Å². The highest BCUT2D eigenvalue weighted by Crippen LogP contribution is 2.26. The number of aromatic nitrogens is 2. The van der Waals surface area contributed by atoms with Gasteiger partial charge in [-0.15, -0.1) is 0 Å². The summed E-state index contributed by atoms with van der Waals surface area (Å²) in [4.78, 5) is 19.6. The molecule has 0 unspecified atom stereocenters. The van der Waals surface area contributed by atoms with E-state index in [0.717, 1.165) is 49.4 Å². The molecule has 4 nitrogen and oxygen atoms in total. The Morgan fingerprint density at radius 2 is 1.69 bits per heavy atom. The third-order valence-electron chi connectivity index (χ3n) is 6.19. The molecule has 0 spiro atoms. The lowest BCUT2D eigenvalue weighted by Gasteiger charge is -2.32. The van der Waals surface area contributed by atoms with Gasteiger partial charge in [-0.1, -0.05) is 45.0 Å². The molecule has 1 saturated heterocycles. The van der Waals surface area contributed by atoms with Gasteiger partial charge < -0.3 is 9.47 Å². The number of benzene rings is 2. The molecule has 4 heteroatoms. The van der Waals surface area contributed by atoms with Gasteiger partial charge >= 0.3 is 0 Å². The Kier molecular flexibility index (Phi) is 5.20. The average molecular weight is 390 g/mol. The van der Waals surface area contributed by atoms with Crippen LogP contribution in [-0.2, 0) is 12.0 Å². The van der Waals surface area contributed by atoms with Gasteiger partial charge in [0.05, 0.1) is 11.0 Å². The predicted molar refractivity (Wildman–Crippen MR) is 118 cm³/mol. The summed E-state index contributed by atoms with van der Waals surface area (Å²) in [5.74, 6) is 1.82. The zero-order valence-corrected chi connectivity index (χ0v) is 18.0.